The lowest BCUT2D eigenvalue weighted by atomic mass is 9.98. The number of rotatable bonds is 7. The maximum atomic E-state index is 12.8. The van der Waals surface area contributed by atoms with E-state index in [1.54, 1.807) is 30.0 Å². The van der Waals surface area contributed by atoms with Crippen molar-refractivity contribution in [3.63, 3.8) is 0 Å². The van der Waals surface area contributed by atoms with Gasteiger partial charge in [0, 0.05) is 11.3 Å². The van der Waals surface area contributed by atoms with Crippen molar-refractivity contribution in [2.75, 3.05) is 24.9 Å². The largest absolute Gasteiger partial charge is 0.467 e. The van der Waals surface area contributed by atoms with E-state index in [9.17, 15) is 9.59 Å². The Morgan fingerprint density at radius 2 is 1.88 bits per heavy atom. The molecule has 0 aliphatic rings. The Bertz CT molecular complexity index is 741. The van der Waals surface area contributed by atoms with E-state index < -0.39 is 12.0 Å². The summed E-state index contributed by atoms with van der Waals surface area (Å²) >= 11 is 1.61. The Morgan fingerprint density at radius 3 is 2.50 bits per heavy atom. The molecule has 0 radical (unpaired) electrons. The molecule has 5 nitrogen and oxygen atoms in total. The molecule has 2 aromatic carbocycles. The number of nitrogens with one attached hydrogen (secondary N) is 1. The van der Waals surface area contributed by atoms with Crippen LogP contribution < -0.4 is 11.1 Å². The van der Waals surface area contributed by atoms with Crippen LogP contribution in [0.5, 0.6) is 0 Å². The predicted molar refractivity (Wildman–Crippen MR) is 110 cm³/mol. The number of carbonyl (C=O) groups is 2. The molecule has 26 heavy (non-hydrogen) atoms. The zero-order valence-electron chi connectivity index (χ0n) is 14.7. The average Bonchev–Trinajstić information content (AvgIpc) is 2.64. The van der Waals surface area contributed by atoms with Crippen molar-refractivity contribution in [3.8, 4) is 11.1 Å². The van der Waals surface area contributed by atoms with Crippen molar-refractivity contribution in [1.29, 1.82) is 0 Å². The van der Waals surface area contributed by atoms with Crippen LogP contribution in [0, 0.1) is 0 Å². The summed E-state index contributed by atoms with van der Waals surface area (Å²) in [4.78, 5) is 24.7. The molecule has 1 unspecified atom stereocenters. The van der Waals surface area contributed by atoms with Gasteiger partial charge in [0.05, 0.1) is 7.11 Å². The number of carbonyl (C=O) groups excluding carboxylic acids is 2. The summed E-state index contributed by atoms with van der Waals surface area (Å²) in [6.07, 6.45) is 2.46. The van der Waals surface area contributed by atoms with Gasteiger partial charge in [-0.15, -0.1) is 12.4 Å². The number of nitrogen functional groups attached to an aromatic ring is 1. The van der Waals surface area contributed by atoms with Gasteiger partial charge in [-0.05, 0) is 47.8 Å². The zero-order valence-corrected chi connectivity index (χ0v) is 16.4. The van der Waals surface area contributed by atoms with Crippen LogP contribution in [0.1, 0.15) is 16.8 Å². The summed E-state index contributed by atoms with van der Waals surface area (Å²) in [5.74, 6) is -0.0256. The van der Waals surface area contributed by atoms with Gasteiger partial charge < -0.3 is 15.8 Å². The number of amides is 1. The molecular formula is C19H23ClN2O3S. The number of hydrogen-bond donors (Lipinski definition) is 2. The minimum atomic E-state index is -0.675. The first-order chi connectivity index (χ1) is 12.1. The zero-order chi connectivity index (χ0) is 18.2. The molecule has 0 aliphatic carbocycles. The Balaban J connectivity index is 0.00000338. The maximum absolute atomic E-state index is 12.8. The Hall–Kier alpha value is -2.18. The Kier molecular flexibility index (Phi) is 9.02. The number of methoxy groups -OCH3 is 1. The van der Waals surface area contributed by atoms with Gasteiger partial charge in [0.1, 0.15) is 6.04 Å². The van der Waals surface area contributed by atoms with Crippen LogP contribution in [-0.4, -0.2) is 37.0 Å². The number of halogens is 1. The second kappa shape index (κ2) is 10.7. The number of thioether (sulfide) groups is 1. The number of benzene rings is 2. The van der Waals surface area contributed by atoms with Gasteiger partial charge in [0.2, 0.25) is 0 Å². The third kappa shape index (κ3) is 5.68. The topological polar surface area (TPSA) is 81.4 Å². The summed E-state index contributed by atoms with van der Waals surface area (Å²) in [6.45, 7) is 0. The van der Waals surface area contributed by atoms with Gasteiger partial charge in [-0.2, -0.15) is 11.8 Å². The van der Waals surface area contributed by atoms with Gasteiger partial charge in [-0.1, -0.05) is 30.3 Å². The molecule has 0 saturated carbocycles. The first kappa shape index (κ1) is 21.9. The normalized spacial score (nSPS) is 11.2. The van der Waals surface area contributed by atoms with E-state index in [4.69, 9.17) is 10.5 Å². The fourth-order valence-corrected chi connectivity index (χ4v) is 2.95. The molecule has 0 heterocycles. The van der Waals surface area contributed by atoms with Crippen LogP contribution in [0.25, 0.3) is 11.1 Å². The number of esters is 1. The number of hydrogen-bond acceptors (Lipinski definition) is 5. The summed E-state index contributed by atoms with van der Waals surface area (Å²) in [5, 5.41) is 2.78. The fourth-order valence-electron chi connectivity index (χ4n) is 2.48. The molecule has 0 bridgehead atoms. The first-order valence-electron chi connectivity index (χ1n) is 7.89. The highest BCUT2D eigenvalue weighted by molar-refractivity contribution is 7.98. The summed E-state index contributed by atoms with van der Waals surface area (Å²) in [7, 11) is 1.32. The van der Waals surface area contributed by atoms with E-state index in [0.29, 0.717) is 17.7 Å². The highest BCUT2D eigenvalue weighted by Crippen LogP contribution is 2.26. The molecule has 0 spiro atoms. The van der Waals surface area contributed by atoms with Crippen molar-refractivity contribution >= 4 is 41.7 Å². The van der Waals surface area contributed by atoms with Crippen molar-refractivity contribution in [1.82, 2.24) is 5.32 Å². The number of ether oxygens (including phenoxy) is 1. The average molecular weight is 395 g/mol. The minimum Gasteiger partial charge on any atom is -0.467 e. The van der Waals surface area contributed by atoms with Gasteiger partial charge >= 0.3 is 5.97 Å². The van der Waals surface area contributed by atoms with E-state index in [0.717, 1.165) is 16.9 Å². The minimum absolute atomic E-state index is 0. The smallest absolute Gasteiger partial charge is 0.328 e. The monoisotopic (exact) mass is 394 g/mol. The molecule has 0 saturated heterocycles. The van der Waals surface area contributed by atoms with Crippen LogP contribution in [0.15, 0.2) is 48.5 Å². The molecular weight excluding hydrogens is 372 g/mol. The lowest BCUT2D eigenvalue weighted by molar-refractivity contribution is -0.142. The van der Waals surface area contributed by atoms with Crippen LogP contribution in [0.4, 0.5) is 5.69 Å². The molecule has 1 amide bonds. The third-order valence-electron chi connectivity index (χ3n) is 3.77. The van der Waals surface area contributed by atoms with E-state index in [-0.39, 0.29) is 18.3 Å². The fraction of sp³-hybridized carbons (Fsp3) is 0.263. The van der Waals surface area contributed by atoms with Crippen LogP contribution in [0.2, 0.25) is 0 Å². The second-order valence-electron chi connectivity index (χ2n) is 5.50. The standard InChI is InChI=1S/C19H22N2O3S.ClH/c1-24-19(23)17(10-11-25-2)21-18(22)15-9-8-14(20)12-16(15)13-6-4-3-5-7-13;/h3-9,12,17H,10-11,20H2,1-2H3,(H,21,22);1H. The van der Waals surface area contributed by atoms with E-state index in [2.05, 4.69) is 5.32 Å². The molecule has 140 valence electrons. The molecule has 0 fully saturated rings. The van der Waals surface area contributed by atoms with Crippen LogP contribution in [0.3, 0.4) is 0 Å². The van der Waals surface area contributed by atoms with Gasteiger partial charge in [0.15, 0.2) is 0 Å². The molecule has 2 aromatic rings. The molecule has 0 aliphatic heterocycles. The SMILES string of the molecule is COC(=O)C(CCSC)NC(=O)c1ccc(N)cc1-c1ccccc1.Cl. The summed E-state index contributed by atoms with van der Waals surface area (Å²) in [6, 6.07) is 14.0. The van der Waals surface area contributed by atoms with Crippen LogP contribution >= 0.6 is 24.2 Å². The highest BCUT2D eigenvalue weighted by atomic mass is 35.5. The molecule has 2 rings (SSSR count). The Labute approximate surface area is 164 Å². The third-order valence-corrected chi connectivity index (χ3v) is 4.42. The summed E-state index contributed by atoms with van der Waals surface area (Å²) < 4.78 is 4.80. The van der Waals surface area contributed by atoms with Gasteiger partial charge in [-0.3, -0.25) is 4.79 Å². The molecule has 0 aromatic heterocycles. The van der Waals surface area contributed by atoms with Crippen molar-refractivity contribution < 1.29 is 14.3 Å². The van der Waals surface area contributed by atoms with Crippen LogP contribution in [-0.2, 0) is 9.53 Å². The molecule has 1 atom stereocenters. The van der Waals surface area contributed by atoms with Gasteiger partial charge in [0.25, 0.3) is 5.91 Å². The quantitative estimate of drug-likeness (QED) is 0.555. The highest BCUT2D eigenvalue weighted by Gasteiger charge is 2.23. The second-order valence-corrected chi connectivity index (χ2v) is 6.49. The predicted octanol–water partition coefficient (Wildman–Crippen LogP) is 3.38. The maximum Gasteiger partial charge on any atom is 0.328 e. The van der Waals surface area contributed by atoms with Gasteiger partial charge in [-0.25, -0.2) is 4.79 Å². The van der Waals surface area contributed by atoms with Crippen molar-refractivity contribution in [2.45, 2.75) is 12.5 Å². The van der Waals surface area contributed by atoms with Crippen molar-refractivity contribution in [3.05, 3.63) is 54.1 Å². The van der Waals surface area contributed by atoms with E-state index in [1.807, 2.05) is 36.6 Å². The molecule has 3 N–H and O–H groups in total. The van der Waals surface area contributed by atoms with Crippen molar-refractivity contribution in [2.24, 2.45) is 0 Å². The van der Waals surface area contributed by atoms with E-state index in [1.165, 1.54) is 7.11 Å². The summed E-state index contributed by atoms with van der Waals surface area (Å²) in [5.41, 5.74) is 8.55. The number of nitrogens with two attached hydrogens (primary N) is 1. The molecule has 7 heteroatoms. The first-order valence-corrected chi connectivity index (χ1v) is 9.28. The Morgan fingerprint density at radius 1 is 1.19 bits per heavy atom. The van der Waals surface area contributed by atoms with E-state index >= 15 is 0 Å². The lowest BCUT2D eigenvalue weighted by Gasteiger charge is -2.17. The number of anilines is 1. The lowest BCUT2D eigenvalue weighted by Crippen LogP contribution is -2.42.